The van der Waals surface area contributed by atoms with E-state index >= 15 is 0 Å². The van der Waals surface area contributed by atoms with Crippen molar-refractivity contribution < 1.29 is 13.2 Å². The molecule has 0 aromatic heterocycles. The summed E-state index contributed by atoms with van der Waals surface area (Å²) < 4.78 is 25.1. The number of rotatable bonds is 5. The molecule has 5 heteroatoms. The summed E-state index contributed by atoms with van der Waals surface area (Å²) in [7, 11) is -3.70. The number of carbonyl (C=O) groups is 1. The summed E-state index contributed by atoms with van der Waals surface area (Å²) in [6.07, 6.45) is 0.846. The number of hydrogen-bond donors (Lipinski definition) is 1. The van der Waals surface area contributed by atoms with E-state index in [2.05, 4.69) is 5.32 Å². The van der Waals surface area contributed by atoms with Crippen molar-refractivity contribution in [2.45, 2.75) is 18.2 Å². The molecule has 0 unspecified atom stereocenters. The van der Waals surface area contributed by atoms with Gasteiger partial charge >= 0.3 is 0 Å². The highest BCUT2D eigenvalue weighted by Crippen LogP contribution is 2.20. The van der Waals surface area contributed by atoms with Crippen LogP contribution in [0.1, 0.15) is 12.5 Å². The van der Waals surface area contributed by atoms with Crippen LogP contribution >= 0.6 is 0 Å². The van der Waals surface area contributed by atoms with E-state index in [1.165, 1.54) is 0 Å². The van der Waals surface area contributed by atoms with Crippen molar-refractivity contribution in [3.8, 4) is 0 Å². The molecule has 0 aliphatic carbocycles. The third kappa shape index (κ3) is 4.06. The van der Waals surface area contributed by atoms with E-state index in [1.54, 1.807) is 24.3 Å². The van der Waals surface area contributed by atoms with Gasteiger partial charge in [-0.05, 0) is 47.0 Å². The average Bonchev–Trinajstić information content (AvgIpc) is 2.61. The van der Waals surface area contributed by atoms with Crippen molar-refractivity contribution in [1.82, 2.24) is 0 Å². The highest BCUT2D eigenvalue weighted by atomic mass is 32.2. The fourth-order valence-electron chi connectivity index (χ4n) is 2.68. The quantitative estimate of drug-likeness (QED) is 0.758. The fourth-order valence-corrected chi connectivity index (χ4v) is 3.85. The Morgan fingerprint density at radius 1 is 0.920 bits per heavy atom. The first-order valence-electron chi connectivity index (χ1n) is 8.08. The van der Waals surface area contributed by atoms with Crippen LogP contribution in [-0.2, 0) is 21.1 Å². The standard InChI is InChI=1S/C20H19NO3S/c1-2-15-6-5-9-18(12-15)21-20(22)14-25(23,24)19-11-10-16-7-3-4-8-17(16)13-19/h3-13H,2,14H2,1H3,(H,21,22). The molecule has 128 valence electrons. The van der Waals surface area contributed by atoms with E-state index in [9.17, 15) is 13.2 Å². The second-order valence-corrected chi connectivity index (χ2v) is 7.86. The van der Waals surface area contributed by atoms with Gasteiger partial charge in [0.05, 0.1) is 4.90 Å². The molecule has 0 radical (unpaired) electrons. The Morgan fingerprint density at radius 3 is 2.44 bits per heavy atom. The summed E-state index contributed by atoms with van der Waals surface area (Å²) in [6.45, 7) is 2.02. The Hall–Kier alpha value is -2.66. The third-order valence-corrected chi connectivity index (χ3v) is 5.63. The first-order valence-corrected chi connectivity index (χ1v) is 9.73. The summed E-state index contributed by atoms with van der Waals surface area (Å²) in [6, 6.07) is 19.8. The van der Waals surface area contributed by atoms with Crippen LogP contribution in [0.3, 0.4) is 0 Å². The third-order valence-electron chi connectivity index (χ3n) is 4.02. The largest absolute Gasteiger partial charge is 0.325 e. The zero-order chi connectivity index (χ0) is 17.9. The molecule has 0 heterocycles. The number of carbonyl (C=O) groups excluding carboxylic acids is 1. The van der Waals surface area contributed by atoms with Crippen LogP contribution in [0.5, 0.6) is 0 Å². The Balaban J connectivity index is 1.78. The Labute approximate surface area is 147 Å². The van der Waals surface area contributed by atoms with Gasteiger partial charge < -0.3 is 5.32 Å². The fraction of sp³-hybridized carbons (Fsp3) is 0.150. The van der Waals surface area contributed by atoms with Crippen molar-refractivity contribution in [3.63, 3.8) is 0 Å². The number of hydrogen-bond acceptors (Lipinski definition) is 3. The Kier molecular flexibility index (Phi) is 4.86. The summed E-state index contributed by atoms with van der Waals surface area (Å²) in [4.78, 5) is 12.3. The SMILES string of the molecule is CCc1cccc(NC(=O)CS(=O)(=O)c2ccc3ccccc3c2)c1. The second kappa shape index (κ2) is 7.07. The van der Waals surface area contributed by atoms with Crippen LogP contribution in [0.2, 0.25) is 0 Å². The maximum Gasteiger partial charge on any atom is 0.239 e. The van der Waals surface area contributed by atoms with Crippen molar-refractivity contribution >= 4 is 32.2 Å². The maximum atomic E-state index is 12.5. The zero-order valence-corrected chi connectivity index (χ0v) is 14.7. The Bertz CT molecular complexity index is 1030. The van der Waals surface area contributed by atoms with Gasteiger partial charge in [0.2, 0.25) is 5.91 Å². The number of nitrogens with one attached hydrogen (secondary N) is 1. The maximum absolute atomic E-state index is 12.5. The molecule has 25 heavy (non-hydrogen) atoms. The van der Waals surface area contributed by atoms with Crippen LogP contribution in [0, 0.1) is 0 Å². The summed E-state index contributed by atoms with van der Waals surface area (Å²) in [5, 5.41) is 4.46. The summed E-state index contributed by atoms with van der Waals surface area (Å²) in [5.74, 6) is -1.12. The normalized spacial score (nSPS) is 11.4. The lowest BCUT2D eigenvalue weighted by Crippen LogP contribution is -2.23. The molecule has 3 aromatic carbocycles. The highest BCUT2D eigenvalue weighted by molar-refractivity contribution is 7.92. The summed E-state index contributed by atoms with van der Waals surface area (Å²) >= 11 is 0. The topological polar surface area (TPSA) is 63.2 Å². The van der Waals surface area contributed by atoms with Crippen LogP contribution in [-0.4, -0.2) is 20.1 Å². The van der Waals surface area contributed by atoms with Gasteiger partial charge in [0.25, 0.3) is 0 Å². The van der Waals surface area contributed by atoms with E-state index in [-0.39, 0.29) is 4.90 Å². The van der Waals surface area contributed by atoms with Crippen molar-refractivity contribution in [2.75, 3.05) is 11.1 Å². The van der Waals surface area contributed by atoms with Gasteiger partial charge in [-0.2, -0.15) is 0 Å². The van der Waals surface area contributed by atoms with Crippen LogP contribution in [0.25, 0.3) is 10.8 Å². The molecule has 0 atom stereocenters. The van der Waals surface area contributed by atoms with E-state index in [0.29, 0.717) is 5.69 Å². The number of amides is 1. The van der Waals surface area contributed by atoms with Gasteiger partial charge in [-0.1, -0.05) is 49.4 Å². The first-order chi connectivity index (χ1) is 12.0. The molecule has 3 rings (SSSR count). The molecular weight excluding hydrogens is 334 g/mol. The van der Waals surface area contributed by atoms with Gasteiger partial charge in [0.15, 0.2) is 9.84 Å². The van der Waals surface area contributed by atoms with E-state index in [4.69, 9.17) is 0 Å². The minimum Gasteiger partial charge on any atom is -0.325 e. The molecule has 0 aliphatic rings. The van der Waals surface area contributed by atoms with Crippen LogP contribution in [0.15, 0.2) is 71.6 Å². The van der Waals surface area contributed by atoms with E-state index in [0.717, 1.165) is 22.8 Å². The minimum atomic E-state index is -3.70. The summed E-state index contributed by atoms with van der Waals surface area (Å²) in [5.41, 5.74) is 1.69. The smallest absolute Gasteiger partial charge is 0.239 e. The monoisotopic (exact) mass is 353 g/mol. The number of sulfone groups is 1. The number of anilines is 1. The molecule has 0 saturated heterocycles. The number of benzene rings is 3. The van der Waals surface area contributed by atoms with Gasteiger partial charge in [-0.15, -0.1) is 0 Å². The Morgan fingerprint density at radius 2 is 1.68 bits per heavy atom. The molecule has 3 aromatic rings. The lowest BCUT2D eigenvalue weighted by molar-refractivity contribution is -0.113. The molecule has 0 fully saturated rings. The molecule has 1 N–H and O–H groups in total. The minimum absolute atomic E-state index is 0.156. The lowest BCUT2D eigenvalue weighted by Gasteiger charge is -2.08. The molecular formula is C20H19NO3S. The van der Waals surface area contributed by atoms with Crippen LogP contribution < -0.4 is 5.32 Å². The molecule has 0 spiro atoms. The highest BCUT2D eigenvalue weighted by Gasteiger charge is 2.19. The van der Waals surface area contributed by atoms with Crippen LogP contribution in [0.4, 0.5) is 5.69 Å². The first kappa shape index (κ1) is 17.2. The van der Waals surface area contributed by atoms with E-state index in [1.807, 2.05) is 49.4 Å². The van der Waals surface area contributed by atoms with Crippen molar-refractivity contribution in [1.29, 1.82) is 0 Å². The number of aryl methyl sites for hydroxylation is 1. The van der Waals surface area contributed by atoms with Crippen molar-refractivity contribution in [3.05, 3.63) is 72.3 Å². The van der Waals surface area contributed by atoms with Gasteiger partial charge in [0.1, 0.15) is 5.75 Å². The second-order valence-electron chi connectivity index (χ2n) is 5.87. The molecule has 0 saturated carbocycles. The lowest BCUT2D eigenvalue weighted by atomic mass is 10.1. The van der Waals surface area contributed by atoms with Gasteiger partial charge in [0, 0.05) is 5.69 Å². The molecule has 0 bridgehead atoms. The zero-order valence-electron chi connectivity index (χ0n) is 13.9. The molecule has 1 amide bonds. The predicted octanol–water partition coefficient (Wildman–Crippen LogP) is 3.81. The number of fused-ring (bicyclic) bond motifs is 1. The molecule has 4 nitrogen and oxygen atoms in total. The molecule has 0 aliphatic heterocycles. The van der Waals surface area contributed by atoms with E-state index < -0.39 is 21.5 Å². The average molecular weight is 353 g/mol. The predicted molar refractivity (Wildman–Crippen MR) is 100 cm³/mol. The van der Waals surface area contributed by atoms with Crippen molar-refractivity contribution in [2.24, 2.45) is 0 Å². The van der Waals surface area contributed by atoms with Gasteiger partial charge in [-0.25, -0.2) is 8.42 Å². The van der Waals surface area contributed by atoms with Gasteiger partial charge in [-0.3, -0.25) is 4.79 Å².